The number of hydrogen-bond donors (Lipinski definition) is 4. The van der Waals surface area contributed by atoms with E-state index in [2.05, 4.69) is 30.4 Å². The second kappa shape index (κ2) is 4.81. The first-order chi connectivity index (χ1) is 8.88. The third-order valence-corrected chi connectivity index (χ3v) is 4.38. The third-order valence-electron chi connectivity index (χ3n) is 1.82. The summed E-state index contributed by atoms with van der Waals surface area (Å²) in [5.74, 6) is -0.331. The first-order valence-corrected chi connectivity index (χ1v) is 7.11. The Kier molecular flexibility index (Phi) is 3.35. The van der Waals surface area contributed by atoms with Gasteiger partial charge in [-0.05, 0) is 0 Å². The molecule has 0 aliphatic heterocycles. The van der Waals surface area contributed by atoms with Gasteiger partial charge in [-0.3, -0.25) is 14.6 Å². The number of rotatable bonds is 4. The van der Waals surface area contributed by atoms with E-state index in [0.717, 1.165) is 0 Å². The Morgan fingerprint density at radius 3 is 2.79 bits per heavy atom. The number of nitrogens with one attached hydrogen (secondary N) is 3. The number of hydrogen-bond acceptors (Lipinski definition) is 8. The van der Waals surface area contributed by atoms with Crippen LogP contribution in [0.4, 0.5) is 16.6 Å². The molecule has 0 unspecified atom stereocenters. The molecular weight excluding hydrogens is 294 g/mol. The number of nitrogens with two attached hydrogens (primary N) is 1. The molecule has 19 heavy (non-hydrogen) atoms. The van der Waals surface area contributed by atoms with Crippen LogP contribution < -0.4 is 15.8 Å². The number of nitrogens with zero attached hydrogens (tertiary/aromatic N) is 3. The molecule has 0 atom stereocenters. The molecule has 0 bridgehead atoms. The molecule has 0 aliphatic carbocycles. The number of sulfonamides is 1. The van der Waals surface area contributed by atoms with Crippen molar-refractivity contribution >= 4 is 43.9 Å². The Labute approximate surface area is 111 Å². The Morgan fingerprint density at radius 1 is 1.47 bits per heavy atom. The monoisotopic (exact) mass is 303 g/mol. The van der Waals surface area contributed by atoms with Crippen molar-refractivity contribution in [2.75, 3.05) is 15.8 Å². The summed E-state index contributed by atoms with van der Waals surface area (Å²) in [7, 11) is -3.93. The fourth-order valence-electron chi connectivity index (χ4n) is 1.07. The highest BCUT2D eigenvalue weighted by atomic mass is 32.2. The minimum atomic E-state index is -3.93. The zero-order chi connectivity index (χ0) is 14.0. The predicted octanol–water partition coefficient (Wildman–Crippen LogP) is -0.397. The lowest BCUT2D eigenvalue weighted by Gasteiger charge is -2.02. The summed E-state index contributed by atoms with van der Waals surface area (Å²) in [4.78, 5) is 10.8. The second-order valence-corrected chi connectivity index (χ2v) is 6.19. The van der Waals surface area contributed by atoms with Crippen LogP contribution in [0.1, 0.15) is 6.92 Å². The summed E-state index contributed by atoms with van der Waals surface area (Å²) in [6.07, 6.45) is 1.26. The minimum Gasteiger partial charge on any atom is -0.394 e. The van der Waals surface area contributed by atoms with Crippen LogP contribution in [0.2, 0.25) is 0 Å². The Balaban J connectivity index is 2.22. The SMILES string of the molecule is CC(=O)Nc1nnc(S(=O)(=O)Nc2[nH]ncc2N)s1. The van der Waals surface area contributed by atoms with Crippen LogP contribution >= 0.6 is 11.3 Å². The van der Waals surface area contributed by atoms with E-state index >= 15 is 0 Å². The van der Waals surface area contributed by atoms with E-state index in [1.165, 1.54) is 13.1 Å². The molecule has 0 radical (unpaired) electrons. The van der Waals surface area contributed by atoms with E-state index in [1.54, 1.807) is 0 Å². The number of nitrogen functional groups attached to an aromatic ring is 1. The molecule has 0 saturated carbocycles. The number of amides is 1. The molecule has 0 spiro atoms. The van der Waals surface area contributed by atoms with Crippen molar-refractivity contribution in [2.45, 2.75) is 11.3 Å². The van der Waals surface area contributed by atoms with Crippen molar-refractivity contribution in [3.05, 3.63) is 6.20 Å². The quantitative estimate of drug-likeness (QED) is 0.560. The van der Waals surface area contributed by atoms with Crippen LogP contribution in [0.25, 0.3) is 0 Å². The zero-order valence-corrected chi connectivity index (χ0v) is 11.2. The van der Waals surface area contributed by atoms with Gasteiger partial charge in [-0.2, -0.15) is 13.5 Å². The van der Waals surface area contributed by atoms with Crippen LogP contribution in [0.5, 0.6) is 0 Å². The highest BCUT2D eigenvalue weighted by Crippen LogP contribution is 2.23. The Hall–Kier alpha value is -2.21. The van der Waals surface area contributed by atoms with Gasteiger partial charge in [0.2, 0.25) is 11.0 Å². The van der Waals surface area contributed by atoms with Crippen LogP contribution in [-0.2, 0) is 14.8 Å². The summed E-state index contributed by atoms with van der Waals surface area (Å²) >= 11 is 0.716. The topological polar surface area (TPSA) is 156 Å². The van der Waals surface area contributed by atoms with E-state index in [1.807, 2.05) is 0 Å². The molecule has 0 aliphatic rings. The van der Waals surface area contributed by atoms with E-state index in [-0.39, 0.29) is 26.9 Å². The maximum Gasteiger partial charge on any atom is 0.292 e. The lowest BCUT2D eigenvalue weighted by Crippen LogP contribution is -2.14. The second-order valence-electron chi connectivity index (χ2n) is 3.36. The molecule has 2 rings (SSSR count). The van der Waals surface area contributed by atoms with Gasteiger partial charge in [-0.15, -0.1) is 10.2 Å². The average molecular weight is 303 g/mol. The maximum absolute atomic E-state index is 11.9. The van der Waals surface area contributed by atoms with E-state index < -0.39 is 10.0 Å². The van der Waals surface area contributed by atoms with Crippen molar-refractivity contribution in [1.82, 2.24) is 20.4 Å². The third kappa shape index (κ3) is 2.97. The molecule has 102 valence electrons. The van der Waals surface area contributed by atoms with Gasteiger partial charge in [-0.25, -0.2) is 0 Å². The first-order valence-electron chi connectivity index (χ1n) is 4.81. The van der Waals surface area contributed by atoms with Gasteiger partial charge in [0.15, 0.2) is 5.82 Å². The number of anilines is 3. The Bertz CT molecular complexity index is 704. The largest absolute Gasteiger partial charge is 0.394 e. The number of carbonyl (C=O) groups is 1. The summed E-state index contributed by atoms with van der Waals surface area (Å²) in [6.45, 7) is 1.28. The van der Waals surface area contributed by atoms with Gasteiger partial charge in [0.25, 0.3) is 14.4 Å². The van der Waals surface area contributed by atoms with Gasteiger partial charge in [-0.1, -0.05) is 11.3 Å². The highest BCUT2D eigenvalue weighted by molar-refractivity contribution is 7.94. The van der Waals surface area contributed by atoms with Crippen molar-refractivity contribution in [2.24, 2.45) is 0 Å². The van der Waals surface area contributed by atoms with Crippen LogP contribution in [-0.4, -0.2) is 34.7 Å². The molecule has 12 heteroatoms. The van der Waals surface area contributed by atoms with E-state index in [4.69, 9.17) is 5.73 Å². The van der Waals surface area contributed by atoms with Gasteiger partial charge in [0, 0.05) is 6.92 Å². The fraction of sp³-hybridized carbons (Fsp3) is 0.143. The molecule has 0 aromatic carbocycles. The molecule has 10 nitrogen and oxygen atoms in total. The summed E-state index contributed by atoms with van der Waals surface area (Å²) in [6, 6.07) is 0. The van der Waals surface area contributed by atoms with Gasteiger partial charge in [0.1, 0.15) is 0 Å². The number of aromatic amines is 1. The summed E-state index contributed by atoms with van der Waals surface area (Å²) < 4.78 is 25.7. The highest BCUT2D eigenvalue weighted by Gasteiger charge is 2.22. The first kappa shape index (κ1) is 13.2. The standard InChI is InChI=1S/C7H9N7O3S2/c1-3(15)10-6-12-13-7(18-6)19(16,17)14-5-4(8)2-9-11-5/h2H,8H2,1H3,(H2,9,11,14)(H,10,12,15). The predicted molar refractivity (Wildman–Crippen MR) is 68.0 cm³/mol. The lowest BCUT2D eigenvalue weighted by atomic mass is 10.6. The zero-order valence-electron chi connectivity index (χ0n) is 9.54. The minimum absolute atomic E-state index is 0.0382. The van der Waals surface area contributed by atoms with Gasteiger partial charge < -0.3 is 11.1 Å². The average Bonchev–Trinajstić information content (AvgIpc) is 2.88. The van der Waals surface area contributed by atoms with Crippen molar-refractivity contribution in [3.63, 3.8) is 0 Å². The molecule has 2 heterocycles. The number of aromatic nitrogens is 4. The van der Waals surface area contributed by atoms with Crippen LogP contribution in [0, 0.1) is 0 Å². The van der Waals surface area contributed by atoms with E-state index in [0.29, 0.717) is 11.3 Å². The normalized spacial score (nSPS) is 11.2. The van der Waals surface area contributed by atoms with Crippen molar-refractivity contribution in [3.8, 4) is 0 Å². The van der Waals surface area contributed by atoms with Crippen LogP contribution in [0.15, 0.2) is 10.5 Å². The fourth-order valence-corrected chi connectivity index (χ4v) is 3.07. The maximum atomic E-state index is 11.9. The molecule has 5 N–H and O–H groups in total. The summed E-state index contributed by atoms with van der Waals surface area (Å²) in [5.41, 5.74) is 5.63. The number of H-pyrrole nitrogens is 1. The molecule has 2 aromatic rings. The molecular formula is C7H9N7O3S2. The van der Waals surface area contributed by atoms with Gasteiger partial charge >= 0.3 is 0 Å². The van der Waals surface area contributed by atoms with E-state index in [9.17, 15) is 13.2 Å². The molecule has 1 amide bonds. The molecule has 2 aromatic heterocycles. The lowest BCUT2D eigenvalue weighted by molar-refractivity contribution is -0.114. The number of carbonyl (C=O) groups excluding carboxylic acids is 1. The molecule has 0 fully saturated rings. The van der Waals surface area contributed by atoms with Crippen molar-refractivity contribution in [1.29, 1.82) is 0 Å². The molecule has 0 saturated heterocycles. The summed E-state index contributed by atoms with van der Waals surface area (Å²) in [5, 5.41) is 15.4. The smallest absolute Gasteiger partial charge is 0.292 e. The Morgan fingerprint density at radius 2 is 2.21 bits per heavy atom. The van der Waals surface area contributed by atoms with Crippen molar-refractivity contribution < 1.29 is 13.2 Å². The van der Waals surface area contributed by atoms with Crippen LogP contribution in [0.3, 0.4) is 0 Å². The van der Waals surface area contributed by atoms with Gasteiger partial charge in [0.05, 0.1) is 11.9 Å².